The number of carbonyl (C=O) groups is 1. The molecule has 0 radical (unpaired) electrons. The molecule has 7 atom stereocenters. The topological polar surface area (TPSA) is 17.1 Å². The van der Waals surface area contributed by atoms with Crippen LogP contribution in [0.15, 0.2) is 0 Å². The highest BCUT2D eigenvalue weighted by Crippen LogP contribution is 2.82. The van der Waals surface area contributed by atoms with Gasteiger partial charge in [0.1, 0.15) is 5.78 Å². The van der Waals surface area contributed by atoms with Gasteiger partial charge < -0.3 is 0 Å². The average molecular weight is 162 g/mol. The van der Waals surface area contributed by atoms with Crippen LogP contribution in [0.1, 0.15) is 19.8 Å². The van der Waals surface area contributed by atoms with Crippen molar-refractivity contribution in [3.63, 3.8) is 0 Å². The highest BCUT2D eigenvalue weighted by atomic mass is 16.1. The first kappa shape index (κ1) is 6.17. The summed E-state index contributed by atoms with van der Waals surface area (Å²) in [6, 6.07) is 0. The van der Waals surface area contributed by atoms with E-state index < -0.39 is 0 Å². The number of ketones is 1. The Bertz CT molecular complexity index is 283. The first-order valence-corrected chi connectivity index (χ1v) is 5.29. The Hall–Kier alpha value is -0.330. The molecule has 1 nitrogen and oxygen atoms in total. The predicted molar refractivity (Wildman–Crippen MR) is 44.3 cm³/mol. The van der Waals surface area contributed by atoms with Crippen LogP contribution in [0.5, 0.6) is 0 Å². The van der Waals surface area contributed by atoms with Gasteiger partial charge in [-0.15, -0.1) is 0 Å². The zero-order valence-corrected chi connectivity index (χ0v) is 7.36. The fourth-order valence-electron chi connectivity index (χ4n) is 5.18. The van der Waals surface area contributed by atoms with E-state index in [-0.39, 0.29) is 0 Å². The quantitative estimate of drug-likeness (QED) is 0.574. The highest BCUT2D eigenvalue weighted by Gasteiger charge is 2.77. The fraction of sp³-hybridized carbons (Fsp3) is 0.909. The largest absolute Gasteiger partial charge is 0.300 e. The van der Waals surface area contributed by atoms with Crippen molar-refractivity contribution in [2.45, 2.75) is 19.8 Å². The second-order valence-corrected chi connectivity index (χ2v) is 5.41. The van der Waals surface area contributed by atoms with Crippen molar-refractivity contribution < 1.29 is 4.79 Å². The molecule has 1 heteroatoms. The van der Waals surface area contributed by atoms with Crippen LogP contribution in [0.2, 0.25) is 0 Å². The van der Waals surface area contributed by atoms with Crippen LogP contribution in [0.25, 0.3) is 0 Å². The monoisotopic (exact) mass is 162 g/mol. The summed E-state index contributed by atoms with van der Waals surface area (Å²) in [4.78, 5) is 11.4. The maximum absolute atomic E-state index is 11.4. The molecule has 0 amide bonds. The molecule has 0 N–H and O–H groups in total. The molecule has 64 valence electrons. The normalized spacial score (nSPS) is 68.9. The van der Waals surface area contributed by atoms with E-state index in [0.29, 0.717) is 11.7 Å². The Morgan fingerprint density at radius 2 is 1.75 bits per heavy atom. The van der Waals surface area contributed by atoms with E-state index in [4.69, 9.17) is 0 Å². The Morgan fingerprint density at radius 1 is 1.00 bits per heavy atom. The van der Waals surface area contributed by atoms with Gasteiger partial charge >= 0.3 is 0 Å². The molecule has 5 aliphatic rings. The van der Waals surface area contributed by atoms with Crippen LogP contribution in [-0.2, 0) is 4.79 Å². The van der Waals surface area contributed by atoms with Gasteiger partial charge in [-0.05, 0) is 55.3 Å². The summed E-state index contributed by atoms with van der Waals surface area (Å²) in [5, 5.41) is 0. The predicted octanol–water partition coefficient (Wildman–Crippen LogP) is 1.72. The van der Waals surface area contributed by atoms with E-state index in [1.165, 1.54) is 12.8 Å². The molecule has 5 aliphatic carbocycles. The molecular formula is C11H14O. The third-order valence-electron chi connectivity index (χ3n) is 5.33. The summed E-state index contributed by atoms with van der Waals surface area (Å²) < 4.78 is 0. The SMILES string of the molecule is CC(=O)[C@H]1CC2C3CC4C2C4C31. The van der Waals surface area contributed by atoms with Crippen molar-refractivity contribution in [2.75, 3.05) is 0 Å². The van der Waals surface area contributed by atoms with Crippen LogP contribution in [0.3, 0.4) is 0 Å². The summed E-state index contributed by atoms with van der Waals surface area (Å²) in [6.45, 7) is 1.81. The van der Waals surface area contributed by atoms with Gasteiger partial charge in [0.2, 0.25) is 0 Å². The van der Waals surface area contributed by atoms with E-state index in [1.807, 2.05) is 0 Å². The molecule has 0 spiro atoms. The molecule has 6 unspecified atom stereocenters. The van der Waals surface area contributed by atoms with Crippen LogP contribution < -0.4 is 0 Å². The fourth-order valence-corrected chi connectivity index (χ4v) is 5.18. The molecule has 0 aliphatic heterocycles. The van der Waals surface area contributed by atoms with Crippen LogP contribution in [0.4, 0.5) is 0 Å². The lowest BCUT2D eigenvalue weighted by Gasteiger charge is -2.17. The summed E-state index contributed by atoms with van der Waals surface area (Å²) in [7, 11) is 0. The second kappa shape index (κ2) is 1.51. The third kappa shape index (κ3) is 0.419. The maximum Gasteiger partial charge on any atom is 0.133 e. The van der Waals surface area contributed by atoms with Gasteiger partial charge in [-0.2, -0.15) is 0 Å². The summed E-state index contributed by atoms with van der Waals surface area (Å²) in [6.07, 6.45) is 2.76. The maximum atomic E-state index is 11.4. The Balaban J connectivity index is 1.79. The van der Waals surface area contributed by atoms with Gasteiger partial charge in [-0.3, -0.25) is 4.79 Å². The summed E-state index contributed by atoms with van der Waals surface area (Å²) in [5.41, 5.74) is 0. The van der Waals surface area contributed by atoms with Crippen LogP contribution in [-0.4, -0.2) is 5.78 Å². The Labute approximate surface area is 72.5 Å². The van der Waals surface area contributed by atoms with Gasteiger partial charge in [0.15, 0.2) is 0 Å². The van der Waals surface area contributed by atoms with Gasteiger partial charge in [-0.25, -0.2) is 0 Å². The Kier molecular flexibility index (Phi) is 0.779. The van der Waals surface area contributed by atoms with Crippen molar-refractivity contribution in [1.82, 2.24) is 0 Å². The van der Waals surface area contributed by atoms with Crippen molar-refractivity contribution in [1.29, 1.82) is 0 Å². The van der Waals surface area contributed by atoms with E-state index >= 15 is 0 Å². The summed E-state index contributed by atoms with van der Waals surface area (Å²) in [5.74, 6) is 7.07. The molecule has 0 saturated heterocycles. The number of Topliss-reactive ketones (excluding diaryl/α,β-unsaturated/α-hetero) is 1. The summed E-state index contributed by atoms with van der Waals surface area (Å²) >= 11 is 0. The van der Waals surface area contributed by atoms with E-state index in [2.05, 4.69) is 0 Å². The molecule has 12 heavy (non-hydrogen) atoms. The third-order valence-corrected chi connectivity index (χ3v) is 5.33. The van der Waals surface area contributed by atoms with Crippen LogP contribution >= 0.6 is 0 Å². The van der Waals surface area contributed by atoms with Crippen molar-refractivity contribution in [3.8, 4) is 0 Å². The van der Waals surface area contributed by atoms with E-state index in [1.54, 1.807) is 6.92 Å². The number of hydrogen-bond acceptors (Lipinski definition) is 1. The number of hydrogen-bond donors (Lipinski definition) is 0. The van der Waals surface area contributed by atoms with E-state index in [0.717, 1.165) is 35.5 Å². The molecule has 0 aromatic rings. The highest BCUT2D eigenvalue weighted by molar-refractivity contribution is 5.79. The minimum absolute atomic E-state index is 0.485. The first-order chi connectivity index (χ1) is 5.79. The van der Waals surface area contributed by atoms with Gasteiger partial charge in [0.05, 0.1) is 0 Å². The molecule has 5 fully saturated rings. The number of carbonyl (C=O) groups excluding carboxylic acids is 1. The number of rotatable bonds is 1. The van der Waals surface area contributed by atoms with Crippen molar-refractivity contribution in [3.05, 3.63) is 0 Å². The molecule has 0 heterocycles. The zero-order chi connectivity index (χ0) is 8.03. The van der Waals surface area contributed by atoms with Gasteiger partial charge in [0.25, 0.3) is 0 Å². The molecule has 5 saturated carbocycles. The molecule has 5 rings (SSSR count). The average Bonchev–Trinajstić information content (AvgIpc) is 2.45. The van der Waals surface area contributed by atoms with Gasteiger partial charge in [-0.1, -0.05) is 0 Å². The van der Waals surface area contributed by atoms with Crippen molar-refractivity contribution in [2.24, 2.45) is 41.4 Å². The Morgan fingerprint density at radius 3 is 2.25 bits per heavy atom. The van der Waals surface area contributed by atoms with Crippen LogP contribution in [0, 0.1) is 41.4 Å². The standard InChI is InChI=1S/C11H14O/c1-4(12)5-2-6-7-3-8-10(6)11(8)9(5)7/h5-11H,2-3H2,1H3/t5-,6?,7?,8?,9?,10?,11?/m1/s1. The second-order valence-electron chi connectivity index (χ2n) is 5.41. The van der Waals surface area contributed by atoms with Gasteiger partial charge in [0, 0.05) is 5.92 Å². The molecule has 0 aromatic carbocycles. The molecule has 0 aromatic heterocycles. The van der Waals surface area contributed by atoms with E-state index in [9.17, 15) is 4.79 Å². The minimum atomic E-state index is 0.485. The molecule has 6 bridgehead atoms. The lowest BCUT2D eigenvalue weighted by atomic mass is 9.86. The first-order valence-electron chi connectivity index (χ1n) is 5.29. The zero-order valence-electron chi connectivity index (χ0n) is 7.36. The lowest BCUT2D eigenvalue weighted by Crippen LogP contribution is -2.20. The minimum Gasteiger partial charge on any atom is -0.300 e. The smallest absolute Gasteiger partial charge is 0.133 e. The lowest BCUT2D eigenvalue weighted by molar-refractivity contribution is -0.122. The molecular weight excluding hydrogens is 148 g/mol. The van der Waals surface area contributed by atoms with Crippen molar-refractivity contribution >= 4 is 5.78 Å².